The summed E-state index contributed by atoms with van der Waals surface area (Å²) in [6.45, 7) is 1.36. The second-order valence-electron chi connectivity index (χ2n) is 5.62. The van der Waals surface area contributed by atoms with Gasteiger partial charge in [-0.2, -0.15) is 13.2 Å². The Hall–Kier alpha value is -2.38. The number of nitrogens with zero attached hydrogens (tertiary/aromatic N) is 2. The van der Waals surface area contributed by atoms with E-state index < -0.39 is 12.1 Å². The van der Waals surface area contributed by atoms with E-state index in [0.717, 1.165) is 11.3 Å². The van der Waals surface area contributed by atoms with Gasteiger partial charge in [0.15, 0.2) is 0 Å². The van der Waals surface area contributed by atoms with Crippen molar-refractivity contribution in [3.05, 3.63) is 58.9 Å². The first kappa shape index (κ1) is 19.4. The zero-order valence-corrected chi connectivity index (χ0v) is 15.7. The number of benzene rings is 2. The van der Waals surface area contributed by atoms with E-state index in [1.54, 1.807) is 0 Å². The van der Waals surface area contributed by atoms with E-state index in [-0.39, 0.29) is 12.2 Å². The van der Waals surface area contributed by atoms with Gasteiger partial charge in [-0.1, -0.05) is 41.9 Å². The quantitative estimate of drug-likeness (QED) is 0.525. The molecular formula is C19H14ClF3N2OS. The molecule has 0 aliphatic rings. The van der Waals surface area contributed by atoms with Crippen molar-refractivity contribution in [2.24, 2.45) is 0 Å². The highest BCUT2D eigenvalue weighted by Gasteiger charge is 2.42. The highest BCUT2D eigenvalue weighted by atomic mass is 35.5. The van der Waals surface area contributed by atoms with Gasteiger partial charge in [-0.15, -0.1) is 11.3 Å². The highest BCUT2D eigenvalue weighted by molar-refractivity contribution is 7.13. The Labute approximate surface area is 163 Å². The van der Waals surface area contributed by atoms with Gasteiger partial charge in [-0.05, 0) is 25.1 Å². The number of carbonyl (C=O) groups excluding carboxylic acids is 1. The summed E-state index contributed by atoms with van der Waals surface area (Å²) in [6.07, 6.45) is -4.95. The Kier molecular flexibility index (Phi) is 5.53. The predicted octanol–water partition coefficient (Wildman–Crippen LogP) is 6.05. The normalized spacial score (nSPS) is 11.4. The summed E-state index contributed by atoms with van der Waals surface area (Å²) in [6, 6.07) is 13.8. The van der Waals surface area contributed by atoms with E-state index in [1.165, 1.54) is 36.5 Å². The van der Waals surface area contributed by atoms with Gasteiger partial charge >= 0.3 is 12.1 Å². The molecule has 0 saturated heterocycles. The van der Waals surface area contributed by atoms with Crippen LogP contribution in [0.2, 0.25) is 5.02 Å². The Morgan fingerprint density at radius 2 is 1.89 bits per heavy atom. The topological polar surface area (TPSA) is 33.2 Å². The average molecular weight is 411 g/mol. The Balaban J connectivity index is 1.99. The van der Waals surface area contributed by atoms with E-state index in [1.807, 2.05) is 35.7 Å². The second-order valence-corrected chi connectivity index (χ2v) is 6.88. The molecule has 8 heteroatoms. The number of rotatable bonds is 4. The fourth-order valence-electron chi connectivity index (χ4n) is 2.58. The van der Waals surface area contributed by atoms with Crippen LogP contribution in [0.4, 0.5) is 18.9 Å². The van der Waals surface area contributed by atoms with Crippen LogP contribution in [0.3, 0.4) is 0 Å². The highest BCUT2D eigenvalue weighted by Crippen LogP contribution is 2.36. The van der Waals surface area contributed by atoms with E-state index in [4.69, 9.17) is 11.6 Å². The van der Waals surface area contributed by atoms with Crippen molar-refractivity contribution in [2.75, 3.05) is 11.4 Å². The molecule has 0 N–H and O–H groups in total. The van der Waals surface area contributed by atoms with Crippen LogP contribution in [-0.4, -0.2) is 23.6 Å². The molecule has 140 valence electrons. The van der Waals surface area contributed by atoms with Crippen LogP contribution >= 0.6 is 22.9 Å². The number of hydrogen-bond acceptors (Lipinski definition) is 3. The first-order valence-corrected chi connectivity index (χ1v) is 9.26. The van der Waals surface area contributed by atoms with E-state index in [2.05, 4.69) is 4.98 Å². The maximum absolute atomic E-state index is 12.8. The number of amides is 1. The number of alkyl halides is 3. The Morgan fingerprint density at radius 1 is 1.19 bits per heavy atom. The van der Waals surface area contributed by atoms with Crippen molar-refractivity contribution in [1.29, 1.82) is 0 Å². The van der Waals surface area contributed by atoms with Gasteiger partial charge in [0.2, 0.25) is 0 Å². The van der Waals surface area contributed by atoms with Crippen LogP contribution in [0, 0.1) is 0 Å². The fourth-order valence-corrected chi connectivity index (χ4v) is 3.70. The average Bonchev–Trinajstić information content (AvgIpc) is 3.13. The molecule has 0 aliphatic heterocycles. The van der Waals surface area contributed by atoms with Gasteiger partial charge < -0.3 is 4.90 Å². The maximum Gasteiger partial charge on any atom is 0.471 e. The summed E-state index contributed by atoms with van der Waals surface area (Å²) in [5.74, 6) is -1.91. The molecule has 1 heterocycles. The predicted molar refractivity (Wildman–Crippen MR) is 102 cm³/mol. The third-order valence-corrected chi connectivity index (χ3v) is 5.07. The fraction of sp³-hybridized carbons (Fsp3) is 0.158. The number of anilines is 1. The van der Waals surface area contributed by atoms with Crippen LogP contribution in [-0.2, 0) is 4.79 Å². The number of thiazole rings is 1. The third kappa shape index (κ3) is 4.14. The molecule has 0 radical (unpaired) electrons. The van der Waals surface area contributed by atoms with Crippen LogP contribution in [0.1, 0.15) is 6.92 Å². The molecule has 3 nitrogen and oxygen atoms in total. The largest absolute Gasteiger partial charge is 0.471 e. The van der Waals surface area contributed by atoms with Gasteiger partial charge in [-0.25, -0.2) is 4.98 Å². The molecule has 0 bridgehead atoms. The molecule has 0 atom stereocenters. The van der Waals surface area contributed by atoms with Crippen LogP contribution in [0.25, 0.3) is 21.8 Å². The Morgan fingerprint density at radius 3 is 2.52 bits per heavy atom. The van der Waals surface area contributed by atoms with Crippen LogP contribution in [0.15, 0.2) is 53.9 Å². The smallest absolute Gasteiger partial charge is 0.305 e. The van der Waals surface area contributed by atoms with Crippen LogP contribution < -0.4 is 4.90 Å². The maximum atomic E-state index is 12.8. The lowest BCUT2D eigenvalue weighted by Gasteiger charge is -2.22. The van der Waals surface area contributed by atoms with Crippen molar-refractivity contribution in [1.82, 2.24) is 4.98 Å². The van der Waals surface area contributed by atoms with Gasteiger partial charge in [0.1, 0.15) is 5.01 Å². The molecular weight excluding hydrogens is 397 g/mol. The summed E-state index contributed by atoms with van der Waals surface area (Å²) >= 11 is 7.58. The SMILES string of the molecule is CCN(C(=O)C(F)(F)F)c1ccc(Cl)c(-c2nc(-c3ccccc3)cs2)c1. The van der Waals surface area contributed by atoms with Crippen molar-refractivity contribution >= 4 is 34.5 Å². The van der Waals surface area contributed by atoms with Crippen LogP contribution in [0.5, 0.6) is 0 Å². The lowest BCUT2D eigenvalue weighted by Crippen LogP contribution is -2.41. The summed E-state index contributed by atoms with van der Waals surface area (Å²) < 4.78 is 38.5. The second kappa shape index (κ2) is 7.70. The molecule has 3 aromatic rings. The number of carbonyl (C=O) groups is 1. The summed E-state index contributed by atoms with van der Waals surface area (Å²) in [7, 11) is 0. The van der Waals surface area contributed by atoms with Crippen molar-refractivity contribution in [3.63, 3.8) is 0 Å². The van der Waals surface area contributed by atoms with Gasteiger partial charge in [0.05, 0.1) is 10.7 Å². The number of hydrogen-bond donors (Lipinski definition) is 0. The summed E-state index contributed by atoms with van der Waals surface area (Å²) in [5, 5.41) is 2.77. The molecule has 1 amide bonds. The molecule has 0 fully saturated rings. The number of aromatic nitrogens is 1. The summed E-state index contributed by atoms with van der Waals surface area (Å²) in [4.78, 5) is 16.9. The minimum atomic E-state index is -4.95. The first-order valence-electron chi connectivity index (χ1n) is 8.01. The molecule has 0 saturated carbocycles. The third-order valence-electron chi connectivity index (χ3n) is 3.87. The molecule has 0 aliphatic carbocycles. The summed E-state index contributed by atoms with van der Waals surface area (Å²) in [5.41, 5.74) is 2.27. The standard InChI is InChI=1S/C19H14ClF3N2OS/c1-2-25(18(26)19(21,22)23)13-8-9-15(20)14(10-13)17-24-16(11-27-17)12-6-4-3-5-7-12/h3-11H,2H2,1H3. The van der Waals surface area contributed by atoms with Crippen molar-refractivity contribution in [2.45, 2.75) is 13.1 Å². The molecule has 0 unspecified atom stereocenters. The Bertz CT molecular complexity index is 957. The van der Waals surface area contributed by atoms with E-state index in [0.29, 0.717) is 20.5 Å². The molecule has 27 heavy (non-hydrogen) atoms. The minimum absolute atomic E-state index is 0.119. The lowest BCUT2D eigenvalue weighted by atomic mass is 10.1. The number of halogens is 4. The van der Waals surface area contributed by atoms with Crippen molar-refractivity contribution < 1.29 is 18.0 Å². The molecule has 2 aromatic carbocycles. The lowest BCUT2D eigenvalue weighted by molar-refractivity contribution is -0.170. The van der Waals surface area contributed by atoms with Crippen molar-refractivity contribution in [3.8, 4) is 21.8 Å². The first-order chi connectivity index (χ1) is 12.8. The molecule has 0 spiro atoms. The van der Waals surface area contributed by atoms with E-state index >= 15 is 0 Å². The van der Waals surface area contributed by atoms with Gasteiger partial charge in [-0.3, -0.25) is 4.79 Å². The molecule has 3 rings (SSSR count). The zero-order chi connectivity index (χ0) is 19.6. The van der Waals surface area contributed by atoms with Gasteiger partial charge in [0.25, 0.3) is 0 Å². The zero-order valence-electron chi connectivity index (χ0n) is 14.1. The minimum Gasteiger partial charge on any atom is -0.305 e. The monoisotopic (exact) mass is 410 g/mol. The van der Waals surface area contributed by atoms with E-state index in [9.17, 15) is 18.0 Å². The molecule has 1 aromatic heterocycles. The van der Waals surface area contributed by atoms with Gasteiger partial charge in [0, 0.05) is 28.7 Å².